The van der Waals surface area contributed by atoms with Crippen LogP contribution < -0.4 is 15.9 Å². The first-order chi connectivity index (χ1) is 12.3. The fourth-order valence-electron chi connectivity index (χ4n) is 2.17. The summed E-state index contributed by atoms with van der Waals surface area (Å²) in [6.45, 7) is 1.28. The molecular weight excluding hydrogens is 376 g/mol. The second-order valence-corrected chi connectivity index (χ2v) is 5.96. The van der Waals surface area contributed by atoms with Gasteiger partial charge in [0.25, 0.3) is 17.6 Å². The lowest BCUT2D eigenvalue weighted by Gasteiger charge is -2.10. The Morgan fingerprint density at radius 3 is 2.41 bits per heavy atom. The predicted octanol–water partition coefficient (Wildman–Crippen LogP) is -0.211. The molecule has 1 aromatic carbocycles. The zero-order chi connectivity index (χ0) is 19.3. The van der Waals surface area contributed by atoms with Crippen LogP contribution in [0.5, 0.6) is 0 Å². The van der Waals surface area contributed by atoms with Gasteiger partial charge in [0.15, 0.2) is 0 Å². The molecule has 0 spiro atoms. The van der Waals surface area contributed by atoms with Crippen molar-refractivity contribution in [2.24, 2.45) is 7.05 Å². The minimum atomic E-state index is -1.20. The Kier molecular flexibility index (Phi) is 8.34. The molecule has 148 valence electrons. The van der Waals surface area contributed by atoms with Gasteiger partial charge in [-0.2, -0.15) is 10.2 Å². The van der Waals surface area contributed by atoms with Gasteiger partial charge in [-0.3, -0.25) is 9.59 Å². The Bertz CT molecular complexity index is 776. The zero-order valence-corrected chi connectivity index (χ0v) is 16.0. The van der Waals surface area contributed by atoms with Gasteiger partial charge in [-0.15, -0.1) is 12.4 Å². The third kappa shape index (κ3) is 6.31. The van der Waals surface area contributed by atoms with E-state index in [0.29, 0.717) is 17.8 Å². The van der Waals surface area contributed by atoms with E-state index in [1.807, 2.05) is 19.0 Å². The van der Waals surface area contributed by atoms with Crippen LogP contribution in [0.15, 0.2) is 30.5 Å². The highest BCUT2D eigenvalue weighted by atomic mass is 35.5. The van der Waals surface area contributed by atoms with Gasteiger partial charge in [0.2, 0.25) is 5.82 Å². The summed E-state index contributed by atoms with van der Waals surface area (Å²) in [6.07, 6.45) is 1.26. The summed E-state index contributed by atoms with van der Waals surface area (Å²) in [6, 6.07) is 6.39. The van der Waals surface area contributed by atoms with Gasteiger partial charge in [-0.1, -0.05) is 0 Å². The first-order valence-corrected chi connectivity index (χ1v) is 7.89. The minimum Gasteiger partial charge on any atom is -0.594 e. The van der Waals surface area contributed by atoms with Crippen LogP contribution in [0.3, 0.4) is 0 Å². The van der Waals surface area contributed by atoms with Crippen molar-refractivity contribution in [1.29, 1.82) is 0 Å². The first-order valence-electron chi connectivity index (χ1n) is 7.89. The van der Waals surface area contributed by atoms with Crippen molar-refractivity contribution in [2.75, 3.05) is 32.5 Å². The lowest BCUT2D eigenvalue weighted by Crippen LogP contribution is -2.99. The van der Waals surface area contributed by atoms with E-state index in [0.717, 1.165) is 6.54 Å². The van der Waals surface area contributed by atoms with Crippen LogP contribution in [-0.4, -0.2) is 58.7 Å². The molecule has 0 saturated carbocycles. The second kappa shape index (κ2) is 10.00. The number of carbonyl (C=O) groups is 2. The number of aromatic nitrogens is 2. The molecule has 1 unspecified atom stereocenters. The summed E-state index contributed by atoms with van der Waals surface area (Å²) in [5, 5.41) is 24.1. The van der Waals surface area contributed by atoms with Crippen molar-refractivity contribution in [3.05, 3.63) is 47.1 Å². The molecule has 11 heteroatoms. The largest absolute Gasteiger partial charge is 0.594 e. The van der Waals surface area contributed by atoms with E-state index in [9.17, 15) is 14.8 Å². The minimum absolute atomic E-state index is 0. The number of imidazole rings is 1. The highest BCUT2D eigenvalue weighted by Crippen LogP contribution is 2.12. The molecule has 0 fully saturated rings. The highest BCUT2D eigenvalue weighted by Gasteiger charge is 2.17. The summed E-state index contributed by atoms with van der Waals surface area (Å²) in [7, 11) is 5.38. The van der Waals surface area contributed by atoms with Crippen LogP contribution in [0.2, 0.25) is 0 Å². The number of nitrogens with zero attached hydrogens (tertiary/aromatic N) is 3. The van der Waals surface area contributed by atoms with Crippen molar-refractivity contribution < 1.29 is 20.0 Å². The highest BCUT2D eigenvalue weighted by molar-refractivity contribution is 6.02. The monoisotopic (exact) mass is 398 g/mol. The zero-order valence-electron chi connectivity index (χ0n) is 15.2. The second-order valence-electron chi connectivity index (χ2n) is 5.96. The van der Waals surface area contributed by atoms with Gasteiger partial charge in [-0.25, -0.2) is 5.21 Å². The molecule has 1 atom stereocenters. The average molecular weight is 399 g/mol. The fraction of sp³-hybridized carbons (Fsp3) is 0.312. The van der Waals surface area contributed by atoms with Crippen LogP contribution in [-0.2, 0) is 7.05 Å². The van der Waals surface area contributed by atoms with E-state index in [4.69, 9.17) is 5.21 Å². The Morgan fingerprint density at radius 2 is 1.89 bits per heavy atom. The topological polar surface area (TPSA) is 127 Å². The summed E-state index contributed by atoms with van der Waals surface area (Å²) >= 11 is 0. The number of nitrogens with one attached hydrogen (secondary N) is 3. The third-order valence-corrected chi connectivity index (χ3v) is 3.55. The number of aryl methyl sites for hydroxylation is 1. The number of halogens is 1. The predicted molar refractivity (Wildman–Crippen MR) is 102 cm³/mol. The van der Waals surface area contributed by atoms with Gasteiger partial charge in [0, 0.05) is 31.4 Å². The number of amides is 2. The van der Waals surface area contributed by atoms with E-state index in [1.54, 1.807) is 24.3 Å². The van der Waals surface area contributed by atoms with Crippen LogP contribution in [0, 0.1) is 5.21 Å². The fourth-order valence-corrected chi connectivity index (χ4v) is 2.17. The van der Waals surface area contributed by atoms with Gasteiger partial charge < -0.3 is 25.3 Å². The van der Waals surface area contributed by atoms with Crippen molar-refractivity contribution >= 4 is 35.7 Å². The molecular formula is C16H23ClN6O4. The summed E-state index contributed by atoms with van der Waals surface area (Å²) < 4.78 is 1.34. The molecule has 10 nitrogen and oxygen atoms in total. The summed E-state index contributed by atoms with van der Waals surface area (Å²) in [4.78, 5) is 30.0. The molecule has 1 aromatic heterocycles. The Morgan fingerprint density at radius 1 is 1.26 bits per heavy atom. The van der Waals surface area contributed by atoms with Gasteiger partial charge in [-0.05, 0) is 38.4 Å². The number of hydrogen-bond acceptors (Lipinski definition) is 6. The lowest BCUT2D eigenvalue weighted by atomic mass is 10.2. The van der Waals surface area contributed by atoms with E-state index in [1.165, 1.54) is 17.8 Å². The van der Waals surface area contributed by atoms with Crippen LogP contribution in [0.4, 0.5) is 11.5 Å². The molecule has 0 saturated heterocycles. The van der Waals surface area contributed by atoms with Crippen LogP contribution >= 0.6 is 12.4 Å². The molecule has 0 aliphatic heterocycles. The van der Waals surface area contributed by atoms with E-state index < -0.39 is 11.1 Å². The maximum absolute atomic E-state index is 12.2. The molecule has 0 radical (unpaired) electrons. The molecule has 2 amide bonds. The first kappa shape index (κ1) is 22.5. The third-order valence-electron chi connectivity index (χ3n) is 3.55. The smallest absolute Gasteiger partial charge is 0.291 e. The van der Waals surface area contributed by atoms with E-state index >= 15 is 0 Å². The molecule has 27 heavy (non-hydrogen) atoms. The summed E-state index contributed by atoms with van der Waals surface area (Å²) in [5.74, 6) is -0.960. The number of carbonyl (C=O) groups excluding carboxylic acids is 2. The average Bonchev–Trinajstić information content (AvgIpc) is 2.97. The standard InChI is InChI=1S/C16H22N6O4.ClH/c1-20(2)9-8-17-15(23)11-4-6-12(7-5-11)18-16(24)14-19-13(22(25)26)10-21(14)3;/h4-7,10,22,25H,8-9H2,1-3H3,(H,17,23)(H,18,24);1H. The van der Waals surface area contributed by atoms with Gasteiger partial charge in [0.1, 0.15) is 0 Å². The van der Waals surface area contributed by atoms with Crippen LogP contribution in [0.25, 0.3) is 0 Å². The number of anilines is 1. The Labute approximate surface area is 162 Å². The molecule has 0 bridgehead atoms. The van der Waals surface area contributed by atoms with E-state index in [2.05, 4.69) is 15.6 Å². The Hall–Kier alpha value is -2.50. The lowest BCUT2D eigenvalue weighted by molar-refractivity contribution is -0.993. The van der Waals surface area contributed by atoms with Gasteiger partial charge in [0.05, 0.1) is 6.20 Å². The molecule has 0 aliphatic carbocycles. The van der Waals surface area contributed by atoms with Crippen molar-refractivity contribution in [3.63, 3.8) is 0 Å². The normalized spacial score (nSPS) is 11.6. The number of likely N-dealkylation sites (N-methyl/N-ethyl adjacent to an activating group) is 1. The number of rotatable bonds is 7. The quantitative estimate of drug-likeness (QED) is 0.478. The maximum Gasteiger partial charge on any atom is 0.291 e. The van der Waals surface area contributed by atoms with E-state index in [-0.39, 0.29) is 30.0 Å². The number of benzene rings is 1. The molecule has 2 aromatic rings. The number of hydrogen-bond donors (Lipinski definition) is 4. The Balaban J connectivity index is 0.00000364. The molecule has 4 N–H and O–H groups in total. The molecule has 0 aliphatic rings. The molecule has 2 rings (SSSR count). The van der Waals surface area contributed by atoms with Crippen molar-refractivity contribution in [2.45, 2.75) is 0 Å². The summed E-state index contributed by atoms with van der Waals surface area (Å²) in [5.41, 5.74) is 0.951. The van der Waals surface area contributed by atoms with Crippen molar-refractivity contribution in [3.8, 4) is 0 Å². The molecule has 1 heterocycles. The SMILES string of the molecule is CN(C)CCNC(=O)c1ccc(NC(=O)c2nc([NH+]([O-])O)cn2C)cc1.Cl. The van der Waals surface area contributed by atoms with Crippen LogP contribution in [0.1, 0.15) is 21.0 Å². The maximum atomic E-state index is 12.2. The van der Waals surface area contributed by atoms with Crippen molar-refractivity contribution in [1.82, 2.24) is 19.8 Å². The van der Waals surface area contributed by atoms with Gasteiger partial charge >= 0.3 is 0 Å². The number of quaternary nitrogens is 1.